The number of aromatic nitrogens is 4. The van der Waals surface area contributed by atoms with Gasteiger partial charge >= 0.3 is 0 Å². The molecule has 3 rings (SSSR count). The monoisotopic (exact) mass is 316 g/mol. The van der Waals surface area contributed by atoms with Crippen LogP contribution < -0.4 is 11.1 Å². The summed E-state index contributed by atoms with van der Waals surface area (Å²) in [7, 11) is 1.90. The number of carbonyl (C=O) groups is 1. The molecule has 3 N–H and O–H groups in total. The minimum Gasteiger partial charge on any atom is -0.382 e. The van der Waals surface area contributed by atoms with Crippen LogP contribution in [-0.4, -0.2) is 38.3 Å². The van der Waals surface area contributed by atoms with Gasteiger partial charge in [-0.25, -0.2) is 9.97 Å². The largest absolute Gasteiger partial charge is 0.382 e. The molecule has 2 aromatic heterocycles. The van der Waals surface area contributed by atoms with E-state index in [9.17, 15) is 4.79 Å². The maximum atomic E-state index is 12.4. The Hall–Kier alpha value is -2.48. The van der Waals surface area contributed by atoms with Gasteiger partial charge in [0.05, 0.1) is 11.7 Å². The maximum Gasteiger partial charge on any atom is 0.274 e. The lowest BCUT2D eigenvalue weighted by molar-refractivity contribution is 0.0814. The first kappa shape index (κ1) is 15.4. The van der Waals surface area contributed by atoms with E-state index in [0.29, 0.717) is 6.61 Å². The highest BCUT2D eigenvalue weighted by atomic mass is 16.5. The van der Waals surface area contributed by atoms with Crippen LogP contribution >= 0.6 is 0 Å². The zero-order valence-corrected chi connectivity index (χ0v) is 13.4. The van der Waals surface area contributed by atoms with E-state index < -0.39 is 0 Å². The fourth-order valence-corrected chi connectivity index (χ4v) is 2.98. The van der Waals surface area contributed by atoms with Crippen molar-refractivity contribution in [2.24, 2.45) is 7.05 Å². The molecule has 0 aromatic carbocycles. The number of nitrogens with one attached hydrogen (secondary N) is 1. The van der Waals surface area contributed by atoms with Crippen molar-refractivity contribution in [2.45, 2.75) is 32.4 Å². The van der Waals surface area contributed by atoms with Gasteiger partial charge in [-0.15, -0.1) is 0 Å². The van der Waals surface area contributed by atoms with E-state index in [1.54, 1.807) is 0 Å². The zero-order chi connectivity index (χ0) is 16.6. The quantitative estimate of drug-likeness (QED) is 0.861. The third-order valence-electron chi connectivity index (χ3n) is 4.20. The van der Waals surface area contributed by atoms with Crippen molar-refractivity contribution in [1.82, 2.24) is 25.1 Å². The highest BCUT2D eigenvalue weighted by Crippen LogP contribution is 2.33. The van der Waals surface area contributed by atoms with Crippen LogP contribution in [0.15, 0.2) is 12.4 Å². The van der Waals surface area contributed by atoms with E-state index in [2.05, 4.69) is 20.4 Å². The lowest BCUT2D eigenvalue weighted by Gasteiger charge is -2.20. The predicted octanol–water partition coefficient (Wildman–Crippen LogP) is 0.669. The fourth-order valence-electron chi connectivity index (χ4n) is 2.98. The third kappa shape index (κ3) is 2.77. The van der Waals surface area contributed by atoms with Gasteiger partial charge < -0.3 is 15.8 Å². The van der Waals surface area contributed by atoms with Gasteiger partial charge in [0.15, 0.2) is 11.5 Å². The molecule has 1 aliphatic rings. The average molecular weight is 316 g/mol. The Morgan fingerprint density at radius 1 is 1.39 bits per heavy atom. The van der Waals surface area contributed by atoms with Crippen molar-refractivity contribution in [2.75, 3.05) is 12.3 Å². The molecule has 3 heterocycles. The second-order valence-corrected chi connectivity index (χ2v) is 5.66. The van der Waals surface area contributed by atoms with Gasteiger partial charge in [-0.2, -0.15) is 5.10 Å². The number of hydrogen-bond donors (Lipinski definition) is 2. The Morgan fingerprint density at radius 2 is 2.13 bits per heavy atom. The van der Waals surface area contributed by atoms with Crippen molar-refractivity contribution >= 4 is 11.7 Å². The number of aryl methyl sites for hydroxylation is 2. The van der Waals surface area contributed by atoms with Crippen LogP contribution in [0.3, 0.4) is 0 Å². The van der Waals surface area contributed by atoms with Crippen LogP contribution in [0.2, 0.25) is 0 Å². The lowest BCUT2D eigenvalue weighted by Crippen LogP contribution is -2.38. The molecule has 1 amide bonds. The topological polar surface area (TPSA) is 108 Å². The molecule has 0 unspecified atom stereocenters. The molecule has 1 saturated heterocycles. The minimum atomic E-state index is -0.338. The van der Waals surface area contributed by atoms with Crippen LogP contribution in [0.25, 0.3) is 0 Å². The van der Waals surface area contributed by atoms with E-state index in [-0.39, 0.29) is 29.6 Å². The Kier molecular flexibility index (Phi) is 3.99. The smallest absolute Gasteiger partial charge is 0.274 e. The summed E-state index contributed by atoms with van der Waals surface area (Å²) in [4.78, 5) is 20.3. The van der Waals surface area contributed by atoms with Gasteiger partial charge in [-0.1, -0.05) is 0 Å². The van der Waals surface area contributed by atoms with Gasteiger partial charge in [0, 0.05) is 37.3 Å². The van der Waals surface area contributed by atoms with Crippen LogP contribution in [0, 0.1) is 13.8 Å². The molecule has 8 nitrogen and oxygen atoms in total. The highest BCUT2D eigenvalue weighted by Gasteiger charge is 2.35. The molecule has 8 heteroatoms. The third-order valence-corrected chi connectivity index (χ3v) is 4.20. The number of nitrogen functional groups attached to an aromatic ring is 1. The molecule has 2 aromatic rings. The number of hydrogen-bond acceptors (Lipinski definition) is 6. The van der Waals surface area contributed by atoms with Crippen LogP contribution in [0.5, 0.6) is 0 Å². The number of carbonyl (C=O) groups excluding carboxylic acids is 1. The van der Waals surface area contributed by atoms with Crippen LogP contribution in [0.4, 0.5) is 5.82 Å². The summed E-state index contributed by atoms with van der Waals surface area (Å²) in [6.07, 6.45) is 3.41. The van der Waals surface area contributed by atoms with Gasteiger partial charge in [-0.05, 0) is 20.3 Å². The first-order chi connectivity index (χ1) is 11.0. The summed E-state index contributed by atoms with van der Waals surface area (Å²) in [5, 5.41) is 7.39. The molecule has 1 fully saturated rings. The first-order valence-electron chi connectivity index (χ1n) is 7.48. The Morgan fingerprint density at radius 3 is 2.78 bits per heavy atom. The SMILES string of the molecule is Cc1nn(C)c(C)c1[C@H]1OCC[C@@H]1NC(=O)c1nccnc1N. The number of anilines is 1. The average Bonchev–Trinajstić information content (AvgIpc) is 3.04. The molecule has 1 aliphatic heterocycles. The zero-order valence-electron chi connectivity index (χ0n) is 13.4. The molecular formula is C15H20N6O2. The van der Waals surface area contributed by atoms with Gasteiger partial charge in [0.2, 0.25) is 0 Å². The van der Waals surface area contributed by atoms with Gasteiger partial charge in [-0.3, -0.25) is 9.48 Å². The number of ether oxygens (including phenoxy) is 1. The highest BCUT2D eigenvalue weighted by molar-refractivity contribution is 5.96. The summed E-state index contributed by atoms with van der Waals surface area (Å²) < 4.78 is 7.68. The van der Waals surface area contributed by atoms with Crippen molar-refractivity contribution in [3.8, 4) is 0 Å². The van der Waals surface area contributed by atoms with Crippen molar-refractivity contribution in [3.05, 3.63) is 35.0 Å². The molecule has 2 atom stereocenters. The number of nitrogens with two attached hydrogens (primary N) is 1. The summed E-state index contributed by atoms with van der Waals surface area (Å²) >= 11 is 0. The molecule has 0 radical (unpaired) electrons. The minimum absolute atomic E-state index is 0.120. The van der Waals surface area contributed by atoms with Crippen molar-refractivity contribution in [3.63, 3.8) is 0 Å². The second kappa shape index (κ2) is 5.96. The number of rotatable bonds is 3. The van der Waals surface area contributed by atoms with E-state index in [1.165, 1.54) is 12.4 Å². The summed E-state index contributed by atoms with van der Waals surface area (Å²) in [6.45, 7) is 4.53. The molecular weight excluding hydrogens is 296 g/mol. The summed E-state index contributed by atoms with van der Waals surface area (Å²) in [5.74, 6) is -0.218. The Balaban J connectivity index is 1.83. The van der Waals surface area contributed by atoms with E-state index in [0.717, 1.165) is 23.4 Å². The first-order valence-corrected chi connectivity index (χ1v) is 7.48. The normalized spacial score (nSPS) is 20.7. The van der Waals surface area contributed by atoms with Gasteiger partial charge in [0.25, 0.3) is 5.91 Å². The van der Waals surface area contributed by atoms with Crippen LogP contribution in [-0.2, 0) is 11.8 Å². The van der Waals surface area contributed by atoms with E-state index in [1.807, 2.05) is 25.6 Å². The van der Waals surface area contributed by atoms with E-state index in [4.69, 9.17) is 10.5 Å². The molecule has 23 heavy (non-hydrogen) atoms. The molecule has 0 aliphatic carbocycles. The summed E-state index contributed by atoms with van der Waals surface area (Å²) in [6, 6.07) is -0.148. The number of nitrogens with zero attached hydrogens (tertiary/aromatic N) is 4. The van der Waals surface area contributed by atoms with Crippen LogP contribution in [0.1, 0.15) is 40.0 Å². The Bertz CT molecular complexity index is 742. The van der Waals surface area contributed by atoms with Crippen molar-refractivity contribution < 1.29 is 9.53 Å². The standard InChI is InChI=1S/C15H20N6O2/c1-8-11(9(2)21(3)20-8)13-10(4-7-23-13)19-15(22)12-14(16)18-6-5-17-12/h5-6,10,13H,4,7H2,1-3H3,(H2,16,18)(H,19,22)/t10-,13-/m0/s1. The summed E-state index contributed by atoms with van der Waals surface area (Å²) in [5.41, 5.74) is 8.83. The lowest BCUT2D eigenvalue weighted by atomic mass is 10.00. The van der Waals surface area contributed by atoms with Crippen molar-refractivity contribution in [1.29, 1.82) is 0 Å². The fraction of sp³-hybridized carbons (Fsp3) is 0.467. The maximum absolute atomic E-state index is 12.4. The van der Waals surface area contributed by atoms with E-state index >= 15 is 0 Å². The Labute approximate surface area is 134 Å². The molecule has 0 bridgehead atoms. The van der Waals surface area contributed by atoms with Gasteiger partial charge in [0.1, 0.15) is 6.10 Å². The number of amides is 1. The molecule has 122 valence electrons. The molecule has 0 saturated carbocycles. The predicted molar refractivity (Wildman–Crippen MR) is 83.7 cm³/mol. The second-order valence-electron chi connectivity index (χ2n) is 5.66. The molecule has 0 spiro atoms.